The molecule has 6 nitrogen and oxygen atoms in total. The van der Waals surface area contributed by atoms with Crippen molar-refractivity contribution in [2.24, 2.45) is 0 Å². The van der Waals surface area contributed by atoms with Crippen LogP contribution in [0.2, 0.25) is 0 Å². The predicted molar refractivity (Wildman–Crippen MR) is 51.1 cm³/mol. The van der Waals surface area contributed by atoms with Gasteiger partial charge in [-0.2, -0.15) is 0 Å². The van der Waals surface area contributed by atoms with Crippen molar-refractivity contribution >= 4 is 17.8 Å². The zero-order chi connectivity index (χ0) is 11.4. The first-order valence-corrected chi connectivity index (χ1v) is 4.80. The van der Waals surface area contributed by atoms with E-state index in [1.807, 2.05) is 0 Å². The highest BCUT2D eigenvalue weighted by Crippen LogP contribution is 2.08. The lowest BCUT2D eigenvalue weighted by molar-refractivity contribution is -0.141. The van der Waals surface area contributed by atoms with Crippen LogP contribution in [0.25, 0.3) is 0 Å². The topological polar surface area (TPSA) is 86.7 Å². The average Bonchev–Trinajstić information content (AvgIpc) is 2.51. The number of aliphatic carboxylic acids is 1. The number of carboxylic acid groups (broad SMARTS) is 1. The van der Waals surface area contributed by atoms with Crippen LogP contribution >= 0.6 is 0 Å². The number of carbonyl (C=O) groups is 3. The molecule has 0 unspecified atom stereocenters. The predicted octanol–water partition coefficient (Wildman–Crippen LogP) is -0.802. The first-order chi connectivity index (χ1) is 7.00. The zero-order valence-corrected chi connectivity index (χ0v) is 8.52. The highest BCUT2D eigenvalue weighted by atomic mass is 16.4. The van der Waals surface area contributed by atoms with Gasteiger partial charge >= 0.3 is 5.97 Å². The molecule has 0 radical (unpaired) electrons. The molecule has 0 saturated carbocycles. The summed E-state index contributed by atoms with van der Waals surface area (Å²) in [5, 5.41) is 10.8. The fraction of sp³-hybridized carbons (Fsp3) is 0.667. The molecule has 0 spiro atoms. The highest BCUT2D eigenvalue weighted by molar-refractivity contribution is 5.88. The number of rotatable bonds is 4. The summed E-state index contributed by atoms with van der Waals surface area (Å²) in [7, 11) is 0. The summed E-state index contributed by atoms with van der Waals surface area (Å²) < 4.78 is 0. The number of amides is 2. The summed E-state index contributed by atoms with van der Waals surface area (Å²) in [6.45, 7) is 1.91. The van der Waals surface area contributed by atoms with Crippen LogP contribution in [0.15, 0.2) is 0 Å². The fourth-order valence-corrected chi connectivity index (χ4v) is 1.39. The third kappa shape index (κ3) is 3.23. The van der Waals surface area contributed by atoms with Gasteiger partial charge in [0.1, 0.15) is 6.04 Å². The van der Waals surface area contributed by atoms with E-state index in [2.05, 4.69) is 5.32 Å². The summed E-state index contributed by atoms with van der Waals surface area (Å²) in [5.74, 6) is -1.57. The van der Waals surface area contributed by atoms with Crippen LogP contribution in [0.1, 0.15) is 19.8 Å². The largest absolute Gasteiger partial charge is 0.480 e. The lowest BCUT2D eigenvalue weighted by Gasteiger charge is -2.16. The number of carbonyl (C=O) groups excluding carboxylic acids is 2. The van der Waals surface area contributed by atoms with E-state index in [1.165, 1.54) is 11.8 Å². The molecule has 1 rings (SSSR count). The average molecular weight is 214 g/mol. The smallest absolute Gasteiger partial charge is 0.325 e. The molecule has 1 atom stereocenters. The Morgan fingerprint density at radius 3 is 2.73 bits per heavy atom. The maximum Gasteiger partial charge on any atom is 0.325 e. The molecule has 0 aromatic heterocycles. The Labute approximate surface area is 87.2 Å². The van der Waals surface area contributed by atoms with Crippen LogP contribution < -0.4 is 5.32 Å². The minimum Gasteiger partial charge on any atom is -0.480 e. The second-order valence-corrected chi connectivity index (χ2v) is 3.55. The number of hydrogen-bond acceptors (Lipinski definition) is 3. The number of nitrogens with one attached hydrogen (secondary N) is 1. The third-order valence-corrected chi connectivity index (χ3v) is 2.25. The van der Waals surface area contributed by atoms with Crippen LogP contribution in [-0.2, 0) is 14.4 Å². The molecule has 1 aliphatic heterocycles. The van der Waals surface area contributed by atoms with E-state index < -0.39 is 17.9 Å². The van der Waals surface area contributed by atoms with Crippen LogP contribution in [0, 0.1) is 0 Å². The van der Waals surface area contributed by atoms with E-state index in [9.17, 15) is 14.4 Å². The van der Waals surface area contributed by atoms with E-state index in [1.54, 1.807) is 0 Å². The van der Waals surface area contributed by atoms with Crippen LogP contribution in [0.4, 0.5) is 0 Å². The van der Waals surface area contributed by atoms with E-state index in [0.717, 1.165) is 6.42 Å². The normalized spacial score (nSPS) is 17.7. The van der Waals surface area contributed by atoms with Crippen molar-refractivity contribution in [3.8, 4) is 0 Å². The number of likely N-dealkylation sites (tertiary alicyclic amines) is 1. The van der Waals surface area contributed by atoms with E-state index in [0.29, 0.717) is 13.0 Å². The standard InChI is InChI=1S/C9H14N2O4/c1-6(9(14)15)10-7(12)5-11-4-2-3-8(11)13/h6H,2-5H2,1H3,(H,10,12)(H,14,15)/t6-/m1/s1. The molecular weight excluding hydrogens is 200 g/mol. The van der Waals surface area contributed by atoms with Gasteiger partial charge in [0.2, 0.25) is 11.8 Å². The van der Waals surface area contributed by atoms with Gasteiger partial charge in [0.05, 0.1) is 6.54 Å². The Morgan fingerprint density at radius 2 is 2.27 bits per heavy atom. The minimum atomic E-state index is -1.09. The Bertz CT molecular complexity index is 290. The first-order valence-electron chi connectivity index (χ1n) is 4.80. The van der Waals surface area contributed by atoms with Crippen molar-refractivity contribution in [2.75, 3.05) is 13.1 Å². The molecule has 1 fully saturated rings. The Balaban J connectivity index is 2.35. The summed E-state index contributed by atoms with van der Waals surface area (Å²) in [5.41, 5.74) is 0. The van der Waals surface area contributed by atoms with Crippen LogP contribution in [0.5, 0.6) is 0 Å². The van der Waals surface area contributed by atoms with Gasteiger partial charge in [0, 0.05) is 13.0 Å². The van der Waals surface area contributed by atoms with Crippen LogP contribution in [-0.4, -0.2) is 46.9 Å². The molecule has 0 bridgehead atoms. The molecule has 1 heterocycles. The molecule has 0 aromatic carbocycles. The zero-order valence-electron chi connectivity index (χ0n) is 8.52. The maximum absolute atomic E-state index is 11.3. The minimum absolute atomic E-state index is 0.0452. The number of nitrogens with zero attached hydrogens (tertiary/aromatic N) is 1. The molecule has 2 amide bonds. The first kappa shape index (κ1) is 11.5. The van der Waals surface area contributed by atoms with Crippen molar-refractivity contribution in [1.29, 1.82) is 0 Å². The molecule has 1 aliphatic rings. The van der Waals surface area contributed by atoms with Gasteiger partial charge in [-0.1, -0.05) is 0 Å². The lowest BCUT2D eigenvalue weighted by atomic mass is 10.3. The lowest BCUT2D eigenvalue weighted by Crippen LogP contribution is -2.44. The van der Waals surface area contributed by atoms with Gasteiger partial charge in [-0.25, -0.2) is 0 Å². The summed E-state index contributed by atoms with van der Waals surface area (Å²) in [6, 6.07) is -0.921. The Kier molecular flexibility index (Phi) is 3.65. The molecule has 1 saturated heterocycles. The van der Waals surface area contributed by atoms with Crippen molar-refractivity contribution in [3.05, 3.63) is 0 Å². The fourth-order valence-electron chi connectivity index (χ4n) is 1.39. The highest BCUT2D eigenvalue weighted by Gasteiger charge is 2.23. The van der Waals surface area contributed by atoms with Gasteiger partial charge < -0.3 is 15.3 Å². The molecule has 0 aromatic rings. The Hall–Kier alpha value is -1.59. The second-order valence-electron chi connectivity index (χ2n) is 3.55. The molecule has 0 aliphatic carbocycles. The molecular formula is C9H14N2O4. The molecule has 15 heavy (non-hydrogen) atoms. The van der Waals surface area contributed by atoms with E-state index in [4.69, 9.17) is 5.11 Å². The molecule has 2 N–H and O–H groups in total. The van der Waals surface area contributed by atoms with Crippen molar-refractivity contribution in [2.45, 2.75) is 25.8 Å². The van der Waals surface area contributed by atoms with E-state index >= 15 is 0 Å². The monoisotopic (exact) mass is 214 g/mol. The maximum atomic E-state index is 11.3. The van der Waals surface area contributed by atoms with Crippen molar-refractivity contribution < 1.29 is 19.5 Å². The SMILES string of the molecule is C[C@@H](NC(=O)CN1CCCC1=O)C(=O)O. The summed E-state index contributed by atoms with van der Waals surface area (Å²) in [4.78, 5) is 34.3. The molecule has 84 valence electrons. The van der Waals surface area contributed by atoms with Gasteiger partial charge in [-0.3, -0.25) is 14.4 Å². The second kappa shape index (κ2) is 4.77. The third-order valence-electron chi connectivity index (χ3n) is 2.25. The Morgan fingerprint density at radius 1 is 1.60 bits per heavy atom. The number of hydrogen-bond donors (Lipinski definition) is 2. The van der Waals surface area contributed by atoms with Gasteiger partial charge in [-0.05, 0) is 13.3 Å². The van der Waals surface area contributed by atoms with Gasteiger partial charge in [0.25, 0.3) is 0 Å². The number of carboxylic acids is 1. The van der Waals surface area contributed by atoms with Crippen molar-refractivity contribution in [1.82, 2.24) is 10.2 Å². The molecule has 6 heteroatoms. The van der Waals surface area contributed by atoms with Gasteiger partial charge in [0.15, 0.2) is 0 Å². The van der Waals surface area contributed by atoms with Crippen molar-refractivity contribution in [3.63, 3.8) is 0 Å². The summed E-state index contributed by atoms with van der Waals surface area (Å²) in [6.07, 6.45) is 1.24. The van der Waals surface area contributed by atoms with Crippen LogP contribution in [0.3, 0.4) is 0 Å². The van der Waals surface area contributed by atoms with Gasteiger partial charge in [-0.15, -0.1) is 0 Å². The quantitative estimate of drug-likeness (QED) is 0.641. The van der Waals surface area contributed by atoms with E-state index in [-0.39, 0.29) is 12.5 Å². The summed E-state index contributed by atoms with van der Waals surface area (Å²) >= 11 is 0.